The highest BCUT2D eigenvalue weighted by molar-refractivity contribution is 5.94. The third-order valence-corrected chi connectivity index (χ3v) is 5.41. The largest absolute Gasteiger partial charge is 0.378 e. The normalized spacial score (nSPS) is 17.1. The first-order valence-electron chi connectivity index (χ1n) is 9.53. The van der Waals surface area contributed by atoms with Crippen LogP contribution in [0.4, 0.5) is 5.69 Å². The minimum absolute atomic E-state index is 0.116. The molecule has 2 heterocycles. The molecule has 2 aromatic carbocycles. The van der Waals surface area contributed by atoms with E-state index in [0.29, 0.717) is 5.92 Å². The van der Waals surface area contributed by atoms with Gasteiger partial charge in [-0.15, -0.1) is 0 Å². The van der Waals surface area contributed by atoms with E-state index in [0.717, 1.165) is 48.3 Å². The number of pyridine rings is 1. The van der Waals surface area contributed by atoms with Gasteiger partial charge in [0, 0.05) is 61.6 Å². The van der Waals surface area contributed by atoms with Crippen LogP contribution in [0, 0.1) is 0 Å². The first kappa shape index (κ1) is 17.5. The first-order valence-corrected chi connectivity index (χ1v) is 9.53. The number of rotatable bonds is 3. The Morgan fingerprint density at radius 2 is 1.81 bits per heavy atom. The summed E-state index contributed by atoms with van der Waals surface area (Å²) in [6, 6.07) is 18.3. The molecule has 4 nitrogen and oxygen atoms in total. The number of hydrogen-bond acceptors (Lipinski definition) is 3. The van der Waals surface area contributed by atoms with Crippen molar-refractivity contribution in [3.63, 3.8) is 0 Å². The van der Waals surface area contributed by atoms with Gasteiger partial charge in [0.05, 0.1) is 0 Å². The van der Waals surface area contributed by atoms with E-state index < -0.39 is 0 Å². The number of carbonyl (C=O) groups excluding carboxylic acids is 1. The highest BCUT2D eigenvalue weighted by Crippen LogP contribution is 2.28. The zero-order chi connectivity index (χ0) is 18.8. The Kier molecular flexibility index (Phi) is 4.80. The average Bonchev–Trinajstić information content (AvgIpc) is 2.73. The topological polar surface area (TPSA) is 36.4 Å². The first-order chi connectivity index (χ1) is 13.1. The molecule has 4 rings (SSSR count). The summed E-state index contributed by atoms with van der Waals surface area (Å²) < 4.78 is 0. The van der Waals surface area contributed by atoms with Gasteiger partial charge in [-0.2, -0.15) is 0 Å². The standard InChI is InChI=1S/C23H25N3O/c1-25(2)21-11-9-17(10-12-21)23(27)26-13-5-8-20(16-26)22-14-18-6-3-4-7-19(18)15-24-22/h3-4,6-7,9-12,14-15,20H,5,8,13,16H2,1-2H3/t20-/m0/s1. The number of piperidine rings is 1. The van der Waals surface area contributed by atoms with E-state index in [1.807, 2.05) is 60.4 Å². The van der Waals surface area contributed by atoms with Crippen molar-refractivity contribution < 1.29 is 4.79 Å². The molecule has 0 saturated carbocycles. The van der Waals surface area contributed by atoms with Crippen LogP contribution in [0.25, 0.3) is 10.8 Å². The summed E-state index contributed by atoms with van der Waals surface area (Å²) in [5, 5.41) is 2.37. The van der Waals surface area contributed by atoms with Crippen molar-refractivity contribution in [2.75, 3.05) is 32.1 Å². The third kappa shape index (κ3) is 3.65. The van der Waals surface area contributed by atoms with Crippen LogP contribution >= 0.6 is 0 Å². The highest BCUT2D eigenvalue weighted by atomic mass is 16.2. The Balaban J connectivity index is 1.52. The van der Waals surface area contributed by atoms with E-state index in [-0.39, 0.29) is 5.91 Å². The lowest BCUT2D eigenvalue weighted by Gasteiger charge is -2.32. The molecule has 27 heavy (non-hydrogen) atoms. The molecule has 0 bridgehead atoms. The molecule has 1 aliphatic rings. The van der Waals surface area contributed by atoms with Gasteiger partial charge in [-0.3, -0.25) is 9.78 Å². The zero-order valence-electron chi connectivity index (χ0n) is 15.9. The van der Waals surface area contributed by atoms with E-state index in [9.17, 15) is 4.79 Å². The highest BCUT2D eigenvalue weighted by Gasteiger charge is 2.26. The summed E-state index contributed by atoms with van der Waals surface area (Å²) in [5.41, 5.74) is 2.95. The Morgan fingerprint density at radius 3 is 2.56 bits per heavy atom. The molecule has 1 fully saturated rings. The van der Waals surface area contributed by atoms with Gasteiger partial charge in [-0.25, -0.2) is 0 Å². The maximum absolute atomic E-state index is 13.0. The quantitative estimate of drug-likeness (QED) is 0.699. The van der Waals surface area contributed by atoms with Crippen molar-refractivity contribution >= 4 is 22.4 Å². The van der Waals surface area contributed by atoms with Crippen LogP contribution in [-0.2, 0) is 0 Å². The SMILES string of the molecule is CN(C)c1ccc(C(=O)N2CCC[C@H](c3cc4ccccc4cn3)C2)cc1. The summed E-state index contributed by atoms with van der Waals surface area (Å²) in [6.45, 7) is 1.55. The summed E-state index contributed by atoms with van der Waals surface area (Å²) in [6.07, 6.45) is 4.04. The van der Waals surface area contributed by atoms with Crippen molar-refractivity contribution in [1.82, 2.24) is 9.88 Å². The van der Waals surface area contributed by atoms with E-state index in [1.54, 1.807) is 0 Å². The monoisotopic (exact) mass is 359 g/mol. The number of carbonyl (C=O) groups is 1. The van der Waals surface area contributed by atoms with Crippen molar-refractivity contribution in [1.29, 1.82) is 0 Å². The average molecular weight is 359 g/mol. The molecule has 1 aliphatic heterocycles. The number of aromatic nitrogens is 1. The lowest BCUT2D eigenvalue weighted by Crippen LogP contribution is -2.39. The van der Waals surface area contributed by atoms with E-state index in [2.05, 4.69) is 29.2 Å². The number of likely N-dealkylation sites (tertiary alicyclic amines) is 1. The van der Waals surface area contributed by atoms with Crippen LogP contribution in [0.5, 0.6) is 0 Å². The zero-order valence-corrected chi connectivity index (χ0v) is 15.9. The summed E-state index contributed by atoms with van der Waals surface area (Å²) in [4.78, 5) is 21.7. The van der Waals surface area contributed by atoms with Crippen molar-refractivity contribution in [2.24, 2.45) is 0 Å². The number of amides is 1. The maximum Gasteiger partial charge on any atom is 0.253 e. The van der Waals surface area contributed by atoms with Gasteiger partial charge in [-0.05, 0) is 48.6 Å². The number of hydrogen-bond donors (Lipinski definition) is 0. The molecular formula is C23H25N3O. The van der Waals surface area contributed by atoms with Gasteiger partial charge in [0.2, 0.25) is 0 Å². The summed E-state index contributed by atoms with van der Waals surface area (Å²) in [7, 11) is 4.01. The molecule has 138 valence electrons. The Bertz CT molecular complexity index is 949. The van der Waals surface area contributed by atoms with Gasteiger partial charge < -0.3 is 9.80 Å². The van der Waals surface area contributed by atoms with Gasteiger partial charge >= 0.3 is 0 Å². The fourth-order valence-corrected chi connectivity index (χ4v) is 3.81. The Labute approximate surface area is 160 Å². The fourth-order valence-electron chi connectivity index (χ4n) is 3.81. The van der Waals surface area contributed by atoms with Crippen molar-refractivity contribution in [2.45, 2.75) is 18.8 Å². The van der Waals surface area contributed by atoms with Gasteiger partial charge in [0.25, 0.3) is 5.91 Å². The second kappa shape index (κ2) is 7.39. The van der Waals surface area contributed by atoms with Gasteiger partial charge in [0.15, 0.2) is 0 Å². The molecule has 3 aromatic rings. The van der Waals surface area contributed by atoms with Gasteiger partial charge in [-0.1, -0.05) is 24.3 Å². The molecule has 0 radical (unpaired) electrons. The molecule has 1 amide bonds. The summed E-state index contributed by atoms with van der Waals surface area (Å²) >= 11 is 0. The van der Waals surface area contributed by atoms with E-state index in [1.165, 1.54) is 5.39 Å². The summed E-state index contributed by atoms with van der Waals surface area (Å²) in [5.74, 6) is 0.416. The van der Waals surface area contributed by atoms with Crippen LogP contribution in [0.15, 0.2) is 60.8 Å². The smallest absolute Gasteiger partial charge is 0.253 e. The number of benzene rings is 2. The number of fused-ring (bicyclic) bond motifs is 1. The molecule has 1 saturated heterocycles. The van der Waals surface area contributed by atoms with Crippen molar-refractivity contribution in [3.8, 4) is 0 Å². The minimum Gasteiger partial charge on any atom is -0.378 e. The number of nitrogens with zero attached hydrogens (tertiary/aromatic N) is 3. The molecule has 0 unspecified atom stereocenters. The molecular weight excluding hydrogens is 334 g/mol. The predicted molar refractivity (Wildman–Crippen MR) is 110 cm³/mol. The lowest BCUT2D eigenvalue weighted by atomic mass is 9.93. The number of anilines is 1. The predicted octanol–water partition coefficient (Wildman–Crippen LogP) is 4.32. The van der Waals surface area contributed by atoms with Crippen LogP contribution < -0.4 is 4.90 Å². The van der Waals surface area contributed by atoms with Crippen LogP contribution in [0.2, 0.25) is 0 Å². The molecule has 0 N–H and O–H groups in total. The second-order valence-corrected chi connectivity index (χ2v) is 7.49. The van der Waals surface area contributed by atoms with Crippen LogP contribution in [-0.4, -0.2) is 43.0 Å². The van der Waals surface area contributed by atoms with Crippen molar-refractivity contribution in [3.05, 3.63) is 72.1 Å². The third-order valence-electron chi connectivity index (χ3n) is 5.41. The van der Waals surface area contributed by atoms with Crippen LogP contribution in [0.1, 0.15) is 34.8 Å². The Morgan fingerprint density at radius 1 is 1.07 bits per heavy atom. The molecule has 0 aliphatic carbocycles. The second-order valence-electron chi connectivity index (χ2n) is 7.49. The van der Waals surface area contributed by atoms with E-state index >= 15 is 0 Å². The maximum atomic E-state index is 13.0. The lowest BCUT2D eigenvalue weighted by molar-refractivity contribution is 0.0706. The van der Waals surface area contributed by atoms with Crippen LogP contribution in [0.3, 0.4) is 0 Å². The van der Waals surface area contributed by atoms with Gasteiger partial charge in [0.1, 0.15) is 0 Å². The van der Waals surface area contributed by atoms with E-state index in [4.69, 9.17) is 0 Å². The fraction of sp³-hybridized carbons (Fsp3) is 0.304. The minimum atomic E-state index is 0.116. The molecule has 4 heteroatoms. The molecule has 0 spiro atoms. The molecule has 1 atom stereocenters. The molecule has 1 aromatic heterocycles. The Hall–Kier alpha value is -2.88.